The SMILES string of the molecule is O=C(Cc1cnn(Cc2ccncc2)c1)c1ccc2cc3n(c2c1)CCCNC3=O. The lowest BCUT2D eigenvalue weighted by molar-refractivity contribution is 0.0950. The van der Waals surface area contributed by atoms with Crippen molar-refractivity contribution in [3.8, 4) is 0 Å². The number of aryl methyl sites for hydroxylation is 1. The minimum Gasteiger partial charge on any atom is -0.351 e. The van der Waals surface area contributed by atoms with Gasteiger partial charge in [0.1, 0.15) is 5.69 Å². The van der Waals surface area contributed by atoms with E-state index in [1.807, 2.05) is 51.8 Å². The summed E-state index contributed by atoms with van der Waals surface area (Å²) in [4.78, 5) is 29.2. The molecule has 1 aliphatic heterocycles. The van der Waals surface area contributed by atoms with Crippen LogP contribution in [0, 0.1) is 0 Å². The van der Waals surface area contributed by atoms with Crippen LogP contribution in [0.4, 0.5) is 0 Å². The van der Waals surface area contributed by atoms with Gasteiger partial charge in [-0.25, -0.2) is 0 Å². The van der Waals surface area contributed by atoms with Crippen molar-refractivity contribution >= 4 is 22.6 Å². The molecule has 4 heterocycles. The van der Waals surface area contributed by atoms with Crippen LogP contribution in [0.5, 0.6) is 0 Å². The van der Waals surface area contributed by atoms with Crippen LogP contribution in [0.15, 0.2) is 61.2 Å². The third kappa shape index (κ3) is 3.50. The van der Waals surface area contributed by atoms with E-state index in [9.17, 15) is 9.59 Å². The standard InChI is InChI=1S/C23H21N5O2/c29-22(10-17-13-26-27(15-17)14-16-4-7-24-8-5-16)19-3-2-18-11-21-23(30)25-6-1-9-28(21)20(18)12-19/h2-5,7-8,11-13,15H,1,6,9-10,14H2,(H,25,30). The Kier molecular flexibility index (Phi) is 4.63. The van der Waals surface area contributed by atoms with Crippen molar-refractivity contribution in [2.24, 2.45) is 0 Å². The fourth-order valence-corrected chi connectivity index (χ4v) is 3.93. The zero-order valence-corrected chi connectivity index (χ0v) is 16.4. The molecule has 1 aliphatic rings. The first kappa shape index (κ1) is 18.3. The molecule has 30 heavy (non-hydrogen) atoms. The van der Waals surface area contributed by atoms with Crippen LogP contribution in [-0.2, 0) is 19.5 Å². The van der Waals surface area contributed by atoms with Gasteiger partial charge in [0.05, 0.1) is 12.7 Å². The van der Waals surface area contributed by atoms with Crippen molar-refractivity contribution in [2.45, 2.75) is 25.9 Å². The summed E-state index contributed by atoms with van der Waals surface area (Å²) in [5.41, 5.74) is 4.22. The second-order valence-electron chi connectivity index (χ2n) is 7.57. The number of carbonyl (C=O) groups is 2. The largest absolute Gasteiger partial charge is 0.351 e. The Morgan fingerprint density at radius 2 is 1.97 bits per heavy atom. The predicted molar refractivity (Wildman–Crippen MR) is 112 cm³/mol. The molecule has 0 saturated heterocycles. The van der Waals surface area contributed by atoms with Crippen molar-refractivity contribution in [1.29, 1.82) is 0 Å². The molecule has 0 saturated carbocycles. The Balaban J connectivity index is 1.36. The van der Waals surface area contributed by atoms with Gasteiger partial charge in [0, 0.05) is 54.6 Å². The number of pyridine rings is 1. The van der Waals surface area contributed by atoms with Gasteiger partial charge in [-0.3, -0.25) is 19.3 Å². The Bertz CT molecular complexity index is 1240. The van der Waals surface area contributed by atoms with Gasteiger partial charge >= 0.3 is 0 Å². The van der Waals surface area contributed by atoms with Gasteiger partial charge in [-0.1, -0.05) is 12.1 Å². The molecular weight excluding hydrogens is 378 g/mol. The average Bonchev–Trinajstić information content (AvgIpc) is 3.30. The number of Topliss-reactive ketones (excluding diaryl/α,β-unsaturated/α-hetero) is 1. The van der Waals surface area contributed by atoms with E-state index >= 15 is 0 Å². The number of benzene rings is 1. The summed E-state index contributed by atoms with van der Waals surface area (Å²) in [5.74, 6) is -0.0211. The number of hydrogen-bond acceptors (Lipinski definition) is 4. The van der Waals surface area contributed by atoms with Crippen molar-refractivity contribution in [1.82, 2.24) is 24.6 Å². The third-order valence-electron chi connectivity index (χ3n) is 5.45. The van der Waals surface area contributed by atoms with E-state index in [1.54, 1.807) is 18.6 Å². The highest BCUT2D eigenvalue weighted by molar-refractivity contribution is 6.03. The summed E-state index contributed by atoms with van der Waals surface area (Å²) in [6, 6.07) is 11.5. The molecule has 7 nitrogen and oxygen atoms in total. The van der Waals surface area contributed by atoms with E-state index in [4.69, 9.17) is 0 Å². The lowest BCUT2D eigenvalue weighted by Gasteiger charge is -2.06. The number of rotatable bonds is 5. The smallest absolute Gasteiger partial charge is 0.267 e. The monoisotopic (exact) mass is 399 g/mol. The molecule has 0 aliphatic carbocycles. The van der Waals surface area contributed by atoms with E-state index in [0.717, 1.165) is 35.0 Å². The van der Waals surface area contributed by atoms with Gasteiger partial charge < -0.3 is 9.88 Å². The molecule has 1 N–H and O–H groups in total. The van der Waals surface area contributed by atoms with Gasteiger partial charge in [-0.05, 0) is 41.8 Å². The Morgan fingerprint density at radius 1 is 1.10 bits per heavy atom. The first-order chi connectivity index (χ1) is 14.7. The number of nitrogens with zero attached hydrogens (tertiary/aromatic N) is 4. The molecule has 0 unspecified atom stereocenters. The van der Waals surface area contributed by atoms with Gasteiger partial charge in [-0.2, -0.15) is 5.10 Å². The number of amides is 1. The maximum atomic E-state index is 12.9. The predicted octanol–water partition coefficient (Wildman–Crippen LogP) is 2.84. The van der Waals surface area contributed by atoms with Gasteiger partial charge in [0.15, 0.2) is 5.78 Å². The van der Waals surface area contributed by atoms with Crippen LogP contribution < -0.4 is 5.32 Å². The zero-order chi connectivity index (χ0) is 20.5. The van der Waals surface area contributed by atoms with Crippen LogP contribution in [0.25, 0.3) is 10.9 Å². The molecule has 150 valence electrons. The highest BCUT2D eigenvalue weighted by Crippen LogP contribution is 2.24. The quantitative estimate of drug-likeness (QED) is 0.523. The van der Waals surface area contributed by atoms with Crippen molar-refractivity contribution in [3.05, 3.63) is 83.6 Å². The summed E-state index contributed by atoms with van der Waals surface area (Å²) in [7, 11) is 0. The maximum absolute atomic E-state index is 12.9. The molecule has 1 aromatic carbocycles. The van der Waals surface area contributed by atoms with Crippen LogP contribution >= 0.6 is 0 Å². The van der Waals surface area contributed by atoms with Gasteiger partial charge in [0.25, 0.3) is 5.91 Å². The second-order valence-corrected chi connectivity index (χ2v) is 7.57. The highest BCUT2D eigenvalue weighted by atomic mass is 16.2. The molecule has 1 amide bonds. The summed E-state index contributed by atoms with van der Waals surface area (Å²) < 4.78 is 3.84. The molecule has 0 atom stereocenters. The first-order valence-electron chi connectivity index (χ1n) is 10.0. The molecule has 0 bridgehead atoms. The molecule has 0 spiro atoms. The molecular formula is C23H21N5O2. The lowest BCUT2D eigenvalue weighted by Crippen LogP contribution is -2.22. The van der Waals surface area contributed by atoms with E-state index in [2.05, 4.69) is 15.4 Å². The number of aromatic nitrogens is 4. The zero-order valence-electron chi connectivity index (χ0n) is 16.4. The number of nitrogens with one attached hydrogen (secondary N) is 1. The van der Waals surface area contributed by atoms with Crippen molar-refractivity contribution in [2.75, 3.05) is 6.54 Å². The van der Waals surface area contributed by atoms with E-state index in [1.165, 1.54) is 0 Å². The minimum atomic E-state index is -0.0572. The first-order valence-corrected chi connectivity index (χ1v) is 10.0. The number of hydrogen-bond donors (Lipinski definition) is 1. The van der Waals surface area contributed by atoms with Crippen LogP contribution in [0.3, 0.4) is 0 Å². The van der Waals surface area contributed by atoms with Crippen LogP contribution in [-0.4, -0.2) is 37.6 Å². The fourth-order valence-electron chi connectivity index (χ4n) is 3.93. The van der Waals surface area contributed by atoms with E-state index < -0.39 is 0 Å². The Morgan fingerprint density at radius 3 is 2.83 bits per heavy atom. The normalized spacial score (nSPS) is 13.7. The molecule has 3 aromatic heterocycles. The average molecular weight is 399 g/mol. The summed E-state index contributed by atoms with van der Waals surface area (Å²) in [6.45, 7) is 2.07. The van der Waals surface area contributed by atoms with Crippen molar-refractivity contribution in [3.63, 3.8) is 0 Å². The highest BCUT2D eigenvalue weighted by Gasteiger charge is 2.19. The summed E-state index contributed by atoms with van der Waals surface area (Å²) >= 11 is 0. The van der Waals surface area contributed by atoms with Crippen molar-refractivity contribution < 1.29 is 9.59 Å². The van der Waals surface area contributed by atoms with Gasteiger partial charge in [0.2, 0.25) is 0 Å². The number of carbonyl (C=O) groups excluding carboxylic acids is 2. The Labute approximate surface area is 173 Å². The summed E-state index contributed by atoms with van der Waals surface area (Å²) in [6.07, 6.45) is 8.32. The van der Waals surface area contributed by atoms with Crippen LogP contribution in [0.1, 0.15) is 38.4 Å². The minimum absolute atomic E-state index is 0.0361. The fraction of sp³-hybridized carbons (Fsp3) is 0.217. The maximum Gasteiger partial charge on any atom is 0.267 e. The second kappa shape index (κ2) is 7.59. The molecule has 0 fully saturated rings. The molecule has 4 aromatic rings. The molecule has 0 radical (unpaired) electrons. The topological polar surface area (TPSA) is 81.8 Å². The lowest BCUT2D eigenvalue weighted by atomic mass is 10.0. The van der Waals surface area contributed by atoms with Crippen LogP contribution in [0.2, 0.25) is 0 Å². The summed E-state index contributed by atoms with van der Waals surface area (Å²) in [5, 5.41) is 8.26. The van der Waals surface area contributed by atoms with E-state index in [-0.39, 0.29) is 18.1 Å². The van der Waals surface area contributed by atoms with E-state index in [0.29, 0.717) is 24.3 Å². The molecule has 5 rings (SSSR count). The number of fused-ring (bicyclic) bond motifs is 3. The molecule has 7 heteroatoms. The Hall–Kier alpha value is -3.74. The van der Waals surface area contributed by atoms with Gasteiger partial charge in [-0.15, -0.1) is 0 Å². The number of ketones is 1. The third-order valence-corrected chi connectivity index (χ3v) is 5.45.